The molecule has 4 aliphatic rings. The van der Waals surface area contributed by atoms with E-state index >= 15 is 0 Å². The number of carbonyl (C=O) groups excluding carboxylic acids is 4. The molecule has 510 valence electrons. The van der Waals surface area contributed by atoms with E-state index in [4.69, 9.17) is 0 Å². The van der Waals surface area contributed by atoms with Gasteiger partial charge >= 0.3 is 39.0 Å². The van der Waals surface area contributed by atoms with Gasteiger partial charge in [-0.2, -0.15) is 0 Å². The van der Waals surface area contributed by atoms with Crippen molar-refractivity contribution in [2.24, 2.45) is 0 Å². The molecule has 102 heavy (non-hydrogen) atoms. The minimum absolute atomic E-state index is 0. The third kappa shape index (κ3) is 12.7. The number of carboxylic acid groups (broad SMARTS) is 4. The van der Waals surface area contributed by atoms with E-state index in [1.54, 1.807) is 0 Å². The van der Waals surface area contributed by atoms with Gasteiger partial charge in [-0.15, -0.1) is 0 Å². The predicted octanol–water partition coefficient (Wildman–Crippen LogP) is 15.3. The van der Waals surface area contributed by atoms with Crippen molar-refractivity contribution in [2.75, 3.05) is 0 Å². The molecule has 8 nitrogen and oxygen atoms in total. The van der Waals surface area contributed by atoms with Gasteiger partial charge in [0.25, 0.3) is 0 Å². The van der Waals surface area contributed by atoms with Crippen LogP contribution in [0.15, 0.2) is 358 Å². The van der Waals surface area contributed by atoms with E-state index in [0.29, 0.717) is 25.7 Å². The van der Waals surface area contributed by atoms with Gasteiger partial charge in [0.2, 0.25) is 0 Å². The van der Waals surface area contributed by atoms with Gasteiger partial charge in [-0.05, 0) is 141 Å². The number of hydrogen-bond donors (Lipinski definition) is 0. The third-order valence-electron chi connectivity index (χ3n) is 21.4. The van der Waals surface area contributed by atoms with Crippen molar-refractivity contribution in [3.05, 3.63) is 424 Å². The molecule has 0 bridgehead atoms. The molecular weight excluding hydrogens is 1710 g/mol. The van der Waals surface area contributed by atoms with Gasteiger partial charge in [0.1, 0.15) is 0 Å². The van der Waals surface area contributed by atoms with Crippen LogP contribution < -0.4 is 20.4 Å². The molecule has 2 radical (unpaired) electrons. The molecule has 0 N–H and O–H groups in total. The number of benzene rings is 12. The molecule has 4 fully saturated rings. The summed E-state index contributed by atoms with van der Waals surface area (Å²) in [4.78, 5) is 49.6. The average molecular weight is 1770 g/mol. The summed E-state index contributed by atoms with van der Waals surface area (Å²) in [6.45, 7) is 0. The Kier molecular flexibility index (Phi) is 22.4. The molecule has 12 aromatic rings. The molecule has 0 aliphatic heterocycles. The van der Waals surface area contributed by atoms with E-state index in [1.807, 2.05) is 340 Å². The summed E-state index contributed by atoms with van der Waals surface area (Å²) in [5, 5.41) is 49.6. The first-order valence-corrected chi connectivity index (χ1v) is 36.0. The fourth-order valence-corrected chi connectivity index (χ4v) is 17.5. The Balaban J connectivity index is 0.000000136. The second-order valence-electron chi connectivity index (χ2n) is 26.1. The largest absolute Gasteiger partial charge is 2.00 e. The van der Waals surface area contributed by atoms with E-state index in [0.717, 1.165) is 84.7 Å². The van der Waals surface area contributed by atoms with Crippen LogP contribution >= 0.6 is 63.7 Å². The number of carbonyl (C=O) groups is 4. The Morgan fingerprint density at radius 2 is 0.314 bits per heavy atom. The van der Waals surface area contributed by atoms with E-state index in [-0.39, 0.29) is 39.0 Å². The molecule has 14 heteroatoms. The van der Waals surface area contributed by atoms with Crippen molar-refractivity contribution in [2.45, 2.75) is 69.0 Å². The van der Waals surface area contributed by atoms with Gasteiger partial charge in [-0.25, -0.2) is 0 Å². The maximum atomic E-state index is 12.4. The number of carboxylic acids is 4. The van der Waals surface area contributed by atoms with Gasteiger partial charge in [0, 0.05) is 61.2 Å². The number of aliphatic carboxylic acids is 4. The minimum Gasteiger partial charge on any atom is -0.549 e. The summed E-state index contributed by atoms with van der Waals surface area (Å²) >= 11 is 13.7. The Hall–Kier alpha value is -8.31. The van der Waals surface area contributed by atoms with Crippen LogP contribution in [0.5, 0.6) is 0 Å². The van der Waals surface area contributed by atoms with Gasteiger partial charge in [0.05, 0.1) is 23.9 Å². The van der Waals surface area contributed by atoms with Crippen molar-refractivity contribution in [3.63, 3.8) is 0 Å². The van der Waals surface area contributed by atoms with E-state index in [1.165, 1.54) is 0 Å². The number of rotatable bonds is 16. The maximum absolute atomic E-state index is 12.4. The molecule has 0 aromatic heterocycles. The predicted molar refractivity (Wildman–Crippen MR) is 396 cm³/mol. The summed E-state index contributed by atoms with van der Waals surface area (Å²) < 4.78 is 3.71. The topological polar surface area (TPSA) is 161 Å². The molecule has 4 atom stereocenters. The Morgan fingerprint density at radius 1 is 0.196 bits per heavy atom. The van der Waals surface area contributed by atoms with E-state index < -0.39 is 67.2 Å². The molecule has 0 amide bonds. The van der Waals surface area contributed by atoms with Crippen molar-refractivity contribution in [1.29, 1.82) is 0 Å². The molecule has 4 aliphatic carbocycles. The van der Waals surface area contributed by atoms with Gasteiger partial charge in [0.15, 0.2) is 0 Å². The first-order chi connectivity index (χ1) is 48.4. The monoisotopic (exact) mass is 1770 g/mol. The van der Waals surface area contributed by atoms with Crippen LogP contribution in [0.4, 0.5) is 0 Å². The summed E-state index contributed by atoms with van der Waals surface area (Å²) in [5.41, 5.74) is 4.51. The minimum atomic E-state index is -1.06. The van der Waals surface area contributed by atoms with Crippen molar-refractivity contribution in [1.82, 2.24) is 0 Å². The van der Waals surface area contributed by atoms with Crippen molar-refractivity contribution < 1.29 is 78.6 Å². The Bertz CT molecular complexity index is 4100. The Morgan fingerprint density at radius 3 is 0.422 bits per heavy atom. The Labute approximate surface area is 653 Å². The second kappa shape index (κ2) is 30.6. The molecule has 0 heterocycles. The molecule has 16 rings (SSSR count). The van der Waals surface area contributed by atoms with Crippen molar-refractivity contribution >= 4 is 87.6 Å². The molecule has 4 unspecified atom stereocenters. The standard InChI is InChI=1S/4C22H17BrO2.2Rh/c4*23-19-13-11-18(12-14-19)22(20(24)25)15-21(22,16-7-3-1-4-8-16)17-9-5-2-6-10-17;;/h4*1-14H,15H2,(H,24,25);;/q;;;;2*+2/p-4. The van der Waals surface area contributed by atoms with Crippen LogP contribution in [-0.4, -0.2) is 23.9 Å². The summed E-state index contributed by atoms with van der Waals surface area (Å²) in [6.07, 6.45) is 1.99. The first kappa shape index (κ1) is 74.9. The normalized spacial score (nSPS) is 20.4. The van der Waals surface area contributed by atoms with E-state index in [2.05, 4.69) is 63.7 Å². The summed E-state index contributed by atoms with van der Waals surface area (Å²) in [6, 6.07) is 109. The zero-order chi connectivity index (χ0) is 70.0. The van der Waals surface area contributed by atoms with Crippen molar-refractivity contribution in [3.8, 4) is 0 Å². The van der Waals surface area contributed by atoms with Gasteiger partial charge < -0.3 is 39.6 Å². The summed E-state index contributed by atoms with van der Waals surface area (Å²) in [7, 11) is 0. The van der Waals surface area contributed by atoms with E-state index in [9.17, 15) is 39.6 Å². The number of halogens is 4. The fraction of sp³-hybridized carbons (Fsp3) is 0.136. The quantitative estimate of drug-likeness (QED) is 0.0864. The smallest absolute Gasteiger partial charge is 0.549 e. The van der Waals surface area contributed by atoms with Crippen LogP contribution in [0.3, 0.4) is 0 Å². The molecule has 0 spiro atoms. The second-order valence-corrected chi connectivity index (χ2v) is 29.7. The van der Waals surface area contributed by atoms with Crippen LogP contribution in [0.1, 0.15) is 92.4 Å². The van der Waals surface area contributed by atoms with Crippen LogP contribution in [-0.2, 0) is 101 Å². The van der Waals surface area contributed by atoms with Crippen LogP contribution in [0, 0.1) is 0 Å². The molecule has 0 saturated heterocycles. The SMILES string of the molecule is O=C([O-])C1(c2ccc(Br)cc2)CC1(c1ccccc1)c1ccccc1.O=C([O-])C1(c2ccc(Br)cc2)CC1(c1ccccc1)c1ccccc1.O=C([O-])C1(c2ccc(Br)cc2)CC1(c1ccccc1)c1ccccc1.O=C([O-])C1(c2ccc(Br)cc2)CC1(c1ccccc1)c1ccccc1.[Rh+2].[Rh+2]. The maximum Gasteiger partial charge on any atom is 2.00 e. The summed E-state index contributed by atoms with van der Waals surface area (Å²) in [5.74, 6) is -4.10. The third-order valence-corrected chi connectivity index (χ3v) is 23.5. The number of hydrogen-bond acceptors (Lipinski definition) is 8. The molecular formula is C88H64Br4O8Rh2. The van der Waals surface area contributed by atoms with Crippen LogP contribution in [0.2, 0.25) is 0 Å². The molecule has 12 aromatic carbocycles. The van der Waals surface area contributed by atoms with Gasteiger partial charge in [-0.1, -0.05) is 355 Å². The van der Waals surface area contributed by atoms with Gasteiger partial charge in [-0.3, -0.25) is 0 Å². The zero-order valence-corrected chi connectivity index (χ0v) is 64.2. The average Bonchev–Trinajstić information content (AvgIpc) is 1.52. The fourth-order valence-electron chi connectivity index (χ4n) is 16.4. The van der Waals surface area contributed by atoms with Crippen LogP contribution in [0.25, 0.3) is 0 Å². The first-order valence-electron chi connectivity index (χ1n) is 32.8. The molecule has 4 saturated carbocycles. The zero-order valence-electron chi connectivity index (χ0n) is 54.6.